The minimum absolute atomic E-state index is 0.114. The van der Waals surface area contributed by atoms with Crippen LogP contribution in [0.15, 0.2) is 0 Å². The second-order valence-electron chi connectivity index (χ2n) is 5.21. The summed E-state index contributed by atoms with van der Waals surface area (Å²) in [4.78, 5) is 22.0. The van der Waals surface area contributed by atoms with E-state index in [1.165, 1.54) is 0 Å². The Morgan fingerprint density at radius 1 is 1.05 bits per heavy atom. The van der Waals surface area contributed by atoms with Crippen molar-refractivity contribution < 1.29 is 14.7 Å². The maximum Gasteiger partial charge on any atom is 0.315 e. The summed E-state index contributed by atoms with van der Waals surface area (Å²) in [7, 11) is 0. The second-order valence-corrected chi connectivity index (χ2v) is 5.21. The van der Waals surface area contributed by atoms with Crippen LogP contribution in [0.5, 0.6) is 0 Å². The zero-order valence-electron chi connectivity index (χ0n) is 12.4. The van der Waals surface area contributed by atoms with Gasteiger partial charge < -0.3 is 15.7 Å². The highest BCUT2D eigenvalue weighted by atomic mass is 16.4. The van der Waals surface area contributed by atoms with Crippen LogP contribution in [0.1, 0.15) is 65.7 Å². The van der Waals surface area contributed by atoms with Crippen LogP contribution in [0.25, 0.3) is 0 Å². The Balaban J connectivity index is 3.56. The molecule has 0 aromatic carbocycles. The molecule has 112 valence electrons. The SMILES string of the molecule is CCC(C)(CC)NC(=O)NCCCCCCC(=O)O. The van der Waals surface area contributed by atoms with E-state index in [4.69, 9.17) is 5.11 Å². The van der Waals surface area contributed by atoms with Crippen LogP contribution in [0.4, 0.5) is 4.79 Å². The minimum atomic E-state index is -0.740. The van der Waals surface area contributed by atoms with Gasteiger partial charge in [0.2, 0.25) is 0 Å². The number of amides is 2. The molecule has 5 nitrogen and oxygen atoms in total. The third-order valence-electron chi connectivity index (χ3n) is 3.58. The van der Waals surface area contributed by atoms with Crippen LogP contribution < -0.4 is 10.6 Å². The van der Waals surface area contributed by atoms with Crippen molar-refractivity contribution >= 4 is 12.0 Å². The van der Waals surface area contributed by atoms with Gasteiger partial charge in [-0.3, -0.25) is 4.79 Å². The first-order valence-corrected chi connectivity index (χ1v) is 7.21. The molecule has 0 spiro atoms. The number of carboxylic acid groups (broad SMARTS) is 1. The molecule has 0 atom stereocenters. The summed E-state index contributed by atoms with van der Waals surface area (Å²) in [5.41, 5.74) is -0.133. The van der Waals surface area contributed by atoms with Gasteiger partial charge in [0.05, 0.1) is 0 Å². The molecule has 0 fully saturated rings. The highest BCUT2D eigenvalue weighted by molar-refractivity contribution is 5.74. The van der Waals surface area contributed by atoms with Gasteiger partial charge in [0.25, 0.3) is 0 Å². The number of carbonyl (C=O) groups is 2. The Morgan fingerprint density at radius 3 is 2.16 bits per heavy atom. The van der Waals surface area contributed by atoms with Gasteiger partial charge in [-0.25, -0.2) is 4.79 Å². The number of rotatable bonds is 10. The van der Waals surface area contributed by atoms with Crippen LogP contribution in [0.2, 0.25) is 0 Å². The predicted octanol–water partition coefficient (Wildman–Crippen LogP) is 2.90. The van der Waals surface area contributed by atoms with Crippen molar-refractivity contribution in [2.24, 2.45) is 0 Å². The third kappa shape index (κ3) is 9.33. The maximum atomic E-state index is 11.7. The number of urea groups is 1. The lowest BCUT2D eigenvalue weighted by Crippen LogP contribution is -2.49. The fraction of sp³-hybridized carbons (Fsp3) is 0.857. The standard InChI is InChI=1S/C14H28N2O3/c1-4-14(3,5-2)16-13(19)15-11-9-7-6-8-10-12(17)18/h4-11H2,1-3H3,(H,17,18)(H2,15,16,19). The molecule has 0 aliphatic carbocycles. The molecule has 0 unspecified atom stereocenters. The van der Waals surface area contributed by atoms with E-state index in [2.05, 4.69) is 24.5 Å². The van der Waals surface area contributed by atoms with E-state index in [9.17, 15) is 9.59 Å². The van der Waals surface area contributed by atoms with Crippen molar-refractivity contribution in [3.05, 3.63) is 0 Å². The molecule has 0 saturated carbocycles. The van der Waals surface area contributed by atoms with Gasteiger partial charge in [0.15, 0.2) is 0 Å². The Labute approximate surface area is 116 Å². The zero-order valence-corrected chi connectivity index (χ0v) is 12.4. The summed E-state index contributed by atoms with van der Waals surface area (Å²) in [6, 6.07) is -0.114. The van der Waals surface area contributed by atoms with E-state index in [0.29, 0.717) is 13.0 Å². The lowest BCUT2D eigenvalue weighted by atomic mass is 9.96. The molecule has 0 aliphatic heterocycles. The smallest absolute Gasteiger partial charge is 0.315 e. The summed E-state index contributed by atoms with van der Waals surface area (Å²) >= 11 is 0. The van der Waals surface area contributed by atoms with E-state index in [1.54, 1.807) is 0 Å². The lowest BCUT2D eigenvalue weighted by Gasteiger charge is -2.28. The van der Waals surface area contributed by atoms with Gasteiger partial charge in [-0.2, -0.15) is 0 Å². The first-order valence-electron chi connectivity index (χ1n) is 7.21. The first kappa shape index (κ1) is 17.7. The molecular formula is C14H28N2O3. The number of nitrogens with one attached hydrogen (secondary N) is 2. The second kappa shape index (κ2) is 9.64. The molecule has 0 heterocycles. The van der Waals surface area contributed by atoms with Crippen LogP contribution in [0, 0.1) is 0 Å². The van der Waals surface area contributed by atoms with Gasteiger partial charge >= 0.3 is 12.0 Å². The zero-order chi connectivity index (χ0) is 14.7. The number of hydrogen-bond donors (Lipinski definition) is 3. The monoisotopic (exact) mass is 272 g/mol. The van der Waals surface area contributed by atoms with Crippen molar-refractivity contribution in [2.75, 3.05) is 6.54 Å². The number of carbonyl (C=O) groups excluding carboxylic acids is 1. The Kier molecular flexibility index (Phi) is 9.00. The molecule has 5 heteroatoms. The fourth-order valence-corrected chi connectivity index (χ4v) is 1.70. The lowest BCUT2D eigenvalue weighted by molar-refractivity contribution is -0.137. The third-order valence-corrected chi connectivity index (χ3v) is 3.58. The average Bonchev–Trinajstić information content (AvgIpc) is 2.37. The average molecular weight is 272 g/mol. The summed E-state index contributed by atoms with van der Waals surface area (Å²) in [5, 5.41) is 14.3. The molecule has 0 bridgehead atoms. The van der Waals surface area contributed by atoms with Gasteiger partial charge in [0.1, 0.15) is 0 Å². The van der Waals surface area contributed by atoms with Crippen molar-refractivity contribution in [1.82, 2.24) is 10.6 Å². The van der Waals surface area contributed by atoms with E-state index in [1.807, 2.05) is 6.92 Å². The minimum Gasteiger partial charge on any atom is -0.481 e. The van der Waals surface area contributed by atoms with Crippen LogP contribution in [-0.4, -0.2) is 29.2 Å². The Morgan fingerprint density at radius 2 is 1.63 bits per heavy atom. The van der Waals surface area contributed by atoms with Crippen molar-refractivity contribution in [2.45, 2.75) is 71.3 Å². The van der Waals surface area contributed by atoms with Gasteiger partial charge in [-0.05, 0) is 32.6 Å². The van der Waals surface area contributed by atoms with Gasteiger partial charge in [-0.15, -0.1) is 0 Å². The Bertz CT molecular complexity index is 276. The van der Waals surface area contributed by atoms with Crippen LogP contribution >= 0.6 is 0 Å². The number of carboxylic acids is 1. The summed E-state index contributed by atoms with van der Waals surface area (Å²) in [6.45, 7) is 6.80. The fourth-order valence-electron chi connectivity index (χ4n) is 1.70. The van der Waals surface area contributed by atoms with E-state index < -0.39 is 5.97 Å². The molecule has 2 amide bonds. The highest BCUT2D eigenvalue weighted by Gasteiger charge is 2.21. The van der Waals surface area contributed by atoms with E-state index in [-0.39, 0.29) is 18.0 Å². The summed E-state index contributed by atoms with van der Waals surface area (Å²) in [6.07, 6.45) is 5.51. The van der Waals surface area contributed by atoms with Gasteiger partial charge in [0, 0.05) is 18.5 Å². The highest BCUT2D eigenvalue weighted by Crippen LogP contribution is 2.12. The maximum absolute atomic E-state index is 11.7. The topological polar surface area (TPSA) is 78.4 Å². The summed E-state index contributed by atoms with van der Waals surface area (Å²) in [5.74, 6) is -0.740. The van der Waals surface area contributed by atoms with E-state index >= 15 is 0 Å². The molecule has 0 saturated heterocycles. The van der Waals surface area contributed by atoms with Crippen molar-refractivity contribution in [3.63, 3.8) is 0 Å². The number of hydrogen-bond acceptors (Lipinski definition) is 2. The summed E-state index contributed by atoms with van der Waals surface area (Å²) < 4.78 is 0. The largest absolute Gasteiger partial charge is 0.481 e. The predicted molar refractivity (Wildman–Crippen MR) is 76.2 cm³/mol. The van der Waals surface area contributed by atoms with Gasteiger partial charge in [-0.1, -0.05) is 26.7 Å². The van der Waals surface area contributed by atoms with Crippen LogP contribution in [0.3, 0.4) is 0 Å². The normalized spacial score (nSPS) is 11.1. The Hall–Kier alpha value is -1.26. The molecular weight excluding hydrogens is 244 g/mol. The molecule has 0 radical (unpaired) electrons. The van der Waals surface area contributed by atoms with Crippen molar-refractivity contribution in [1.29, 1.82) is 0 Å². The van der Waals surface area contributed by atoms with Crippen molar-refractivity contribution in [3.8, 4) is 0 Å². The molecule has 0 aromatic heterocycles. The molecule has 0 rings (SSSR count). The molecule has 3 N–H and O–H groups in total. The number of unbranched alkanes of at least 4 members (excludes halogenated alkanes) is 3. The molecule has 0 aromatic rings. The quantitative estimate of drug-likeness (QED) is 0.535. The molecule has 19 heavy (non-hydrogen) atoms. The molecule has 0 aliphatic rings. The number of aliphatic carboxylic acids is 1. The van der Waals surface area contributed by atoms with Crippen LogP contribution in [-0.2, 0) is 4.79 Å². The van der Waals surface area contributed by atoms with E-state index in [0.717, 1.165) is 32.1 Å². The first-order chi connectivity index (χ1) is 8.93.